The van der Waals surface area contributed by atoms with Crippen LogP contribution in [0.25, 0.3) is 0 Å². The minimum atomic E-state index is -3.89. The Kier molecular flexibility index (Phi) is 8.06. The molecule has 0 aromatic heterocycles. The summed E-state index contributed by atoms with van der Waals surface area (Å²) in [5.74, 6) is 0.618. The average Bonchev–Trinajstić information content (AvgIpc) is 2.80. The van der Waals surface area contributed by atoms with Gasteiger partial charge in [-0.05, 0) is 63.5 Å². The molecule has 2 aromatic carbocycles. The molecule has 0 saturated carbocycles. The highest BCUT2D eigenvalue weighted by Gasteiger charge is 2.33. The zero-order valence-electron chi connectivity index (χ0n) is 20.2. The number of rotatable bonds is 8. The number of methoxy groups -OCH3 is 1. The van der Waals surface area contributed by atoms with Gasteiger partial charge in [-0.2, -0.15) is 0 Å². The molecule has 0 spiro atoms. The van der Waals surface area contributed by atoms with Gasteiger partial charge in [-0.15, -0.1) is 0 Å². The van der Waals surface area contributed by atoms with Crippen LogP contribution in [0, 0.1) is 5.92 Å². The lowest BCUT2D eigenvalue weighted by molar-refractivity contribution is 0.0363. The number of carbonyl (C=O) groups excluding carboxylic acids is 1. The second kappa shape index (κ2) is 10.6. The lowest BCUT2D eigenvalue weighted by atomic mass is 9.99. The van der Waals surface area contributed by atoms with E-state index in [0.29, 0.717) is 24.6 Å². The molecule has 1 heterocycles. The molecule has 34 heavy (non-hydrogen) atoms. The second-order valence-corrected chi connectivity index (χ2v) is 10.6. The quantitative estimate of drug-likeness (QED) is 0.583. The number of amides is 1. The Balaban J connectivity index is 1.98. The van der Waals surface area contributed by atoms with E-state index in [-0.39, 0.29) is 40.7 Å². The van der Waals surface area contributed by atoms with Gasteiger partial charge in [-0.3, -0.25) is 9.52 Å². The smallest absolute Gasteiger partial charge is 0.261 e. The fraction of sp³-hybridized carbons (Fsp3) is 0.458. The van der Waals surface area contributed by atoms with Crippen LogP contribution in [0.4, 0.5) is 5.69 Å². The zero-order chi connectivity index (χ0) is 25.0. The number of hydrogen-bond acceptors (Lipinski definition) is 7. The van der Waals surface area contributed by atoms with E-state index in [9.17, 15) is 18.3 Å². The first-order chi connectivity index (χ1) is 16.1. The number of anilines is 1. The van der Waals surface area contributed by atoms with Crippen molar-refractivity contribution < 1.29 is 27.8 Å². The monoisotopic (exact) mass is 491 g/mol. The topological polar surface area (TPSA) is 108 Å². The molecule has 2 aromatic rings. The lowest BCUT2D eigenvalue weighted by Gasteiger charge is -2.37. The molecule has 3 rings (SSSR count). The van der Waals surface area contributed by atoms with Gasteiger partial charge in [-0.25, -0.2) is 8.42 Å². The second-order valence-electron chi connectivity index (χ2n) is 8.88. The Labute approximate surface area is 201 Å². The fourth-order valence-electron chi connectivity index (χ4n) is 3.83. The van der Waals surface area contributed by atoms with Gasteiger partial charge in [0.1, 0.15) is 17.6 Å². The SMILES string of the molecule is COc1ccc(S(=O)(=O)Nc2ccc3c(c2)C(=O)N([C@@H](C)CO)C[C@H](C)[C@@H](CN(C)C)O3)cc1. The highest BCUT2D eigenvalue weighted by Crippen LogP contribution is 2.31. The Morgan fingerprint density at radius 2 is 1.91 bits per heavy atom. The number of benzene rings is 2. The number of nitrogens with zero attached hydrogens (tertiary/aromatic N) is 2. The van der Waals surface area contributed by atoms with E-state index in [1.54, 1.807) is 36.1 Å². The minimum absolute atomic E-state index is 0.0155. The predicted molar refractivity (Wildman–Crippen MR) is 130 cm³/mol. The van der Waals surface area contributed by atoms with Crippen molar-refractivity contribution in [3.63, 3.8) is 0 Å². The number of sulfonamides is 1. The Morgan fingerprint density at radius 3 is 2.50 bits per heavy atom. The van der Waals surface area contributed by atoms with Crippen molar-refractivity contribution >= 4 is 21.6 Å². The van der Waals surface area contributed by atoms with E-state index < -0.39 is 16.1 Å². The van der Waals surface area contributed by atoms with Crippen LogP contribution in [0.15, 0.2) is 47.4 Å². The third kappa shape index (κ3) is 5.81. The maximum Gasteiger partial charge on any atom is 0.261 e. The summed E-state index contributed by atoms with van der Waals surface area (Å²) in [5, 5.41) is 9.75. The number of carbonyl (C=O) groups is 1. The van der Waals surface area contributed by atoms with Crippen LogP contribution in [0.2, 0.25) is 0 Å². The lowest BCUT2D eigenvalue weighted by Crippen LogP contribution is -2.49. The van der Waals surface area contributed by atoms with Crippen LogP contribution >= 0.6 is 0 Å². The van der Waals surface area contributed by atoms with Gasteiger partial charge in [0.2, 0.25) is 0 Å². The molecular weight excluding hydrogens is 458 g/mol. The maximum absolute atomic E-state index is 13.5. The number of aliphatic hydroxyl groups is 1. The zero-order valence-corrected chi connectivity index (χ0v) is 21.0. The normalized spacial score (nSPS) is 19.6. The summed E-state index contributed by atoms with van der Waals surface area (Å²) in [7, 11) is 1.52. The molecule has 1 aliphatic rings. The first kappa shape index (κ1) is 25.8. The number of fused-ring (bicyclic) bond motifs is 1. The Morgan fingerprint density at radius 1 is 1.24 bits per heavy atom. The van der Waals surface area contributed by atoms with E-state index in [2.05, 4.69) is 4.72 Å². The Hall–Kier alpha value is -2.82. The van der Waals surface area contributed by atoms with E-state index in [1.165, 1.54) is 25.3 Å². The number of likely N-dealkylation sites (N-methyl/N-ethyl adjacent to an activating group) is 1. The molecule has 9 nitrogen and oxygen atoms in total. The molecule has 0 unspecified atom stereocenters. The Bertz CT molecular complexity index is 1100. The average molecular weight is 492 g/mol. The minimum Gasteiger partial charge on any atom is -0.497 e. The van der Waals surface area contributed by atoms with Crippen molar-refractivity contribution in [1.29, 1.82) is 0 Å². The molecule has 0 bridgehead atoms. The van der Waals surface area contributed by atoms with Crippen LogP contribution in [-0.4, -0.2) is 82.3 Å². The number of aliphatic hydroxyl groups excluding tert-OH is 1. The molecule has 3 atom stereocenters. The van der Waals surface area contributed by atoms with E-state index >= 15 is 0 Å². The van der Waals surface area contributed by atoms with E-state index in [0.717, 1.165) is 0 Å². The highest BCUT2D eigenvalue weighted by atomic mass is 32.2. The maximum atomic E-state index is 13.5. The van der Waals surface area contributed by atoms with Gasteiger partial charge in [0.05, 0.1) is 30.2 Å². The summed E-state index contributed by atoms with van der Waals surface area (Å²) in [6, 6.07) is 10.3. The number of ether oxygens (including phenoxy) is 2. The van der Waals surface area contributed by atoms with Gasteiger partial charge in [-0.1, -0.05) is 6.92 Å². The van der Waals surface area contributed by atoms with Gasteiger partial charge in [0.15, 0.2) is 0 Å². The summed E-state index contributed by atoms with van der Waals surface area (Å²) in [6.45, 7) is 4.66. The number of hydrogen-bond donors (Lipinski definition) is 2. The molecule has 10 heteroatoms. The van der Waals surface area contributed by atoms with Crippen molar-refractivity contribution in [2.45, 2.75) is 30.9 Å². The van der Waals surface area contributed by atoms with Crippen LogP contribution in [0.1, 0.15) is 24.2 Å². The summed E-state index contributed by atoms with van der Waals surface area (Å²) in [4.78, 5) is 17.2. The van der Waals surface area contributed by atoms with Crippen molar-refractivity contribution in [1.82, 2.24) is 9.80 Å². The summed E-state index contributed by atoms with van der Waals surface area (Å²) >= 11 is 0. The number of nitrogens with one attached hydrogen (secondary N) is 1. The molecule has 186 valence electrons. The van der Waals surface area contributed by atoms with Crippen molar-refractivity contribution in [3.05, 3.63) is 48.0 Å². The molecule has 1 aliphatic heterocycles. The highest BCUT2D eigenvalue weighted by molar-refractivity contribution is 7.92. The molecule has 0 saturated heterocycles. The van der Waals surface area contributed by atoms with Crippen LogP contribution in [0.3, 0.4) is 0 Å². The van der Waals surface area contributed by atoms with Crippen LogP contribution < -0.4 is 14.2 Å². The first-order valence-electron chi connectivity index (χ1n) is 11.1. The molecular formula is C24H33N3O6S. The predicted octanol–water partition coefficient (Wildman–Crippen LogP) is 2.28. The summed E-state index contributed by atoms with van der Waals surface area (Å²) in [6.07, 6.45) is -0.197. The van der Waals surface area contributed by atoms with Crippen molar-refractivity contribution in [3.8, 4) is 11.5 Å². The summed E-state index contributed by atoms with van der Waals surface area (Å²) < 4.78 is 39.6. The largest absolute Gasteiger partial charge is 0.497 e. The first-order valence-corrected chi connectivity index (χ1v) is 12.6. The molecule has 1 amide bonds. The third-order valence-corrected chi connectivity index (χ3v) is 7.23. The standard InChI is InChI=1S/C24H33N3O6S/c1-16-13-27(17(2)15-28)24(29)21-12-18(6-11-22(21)33-23(16)14-26(3)4)25-34(30,31)20-9-7-19(32-5)8-10-20/h6-12,16-17,23,25,28H,13-15H2,1-5H3/t16-,17-,23+/m0/s1. The van der Waals surface area contributed by atoms with E-state index in [1.807, 2.05) is 25.9 Å². The third-order valence-electron chi connectivity index (χ3n) is 5.83. The van der Waals surface area contributed by atoms with Gasteiger partial charge in [0.25, 0.3) is 15.9 Å². The fourth-order valence-corrected chi connectivity index (χ4v) is 4.88. The van der Waals surface area contributed by atoms with Crippen LogP contribution in [-0.2, 0) is 10.0 Å². The molecule has 0 fully saturated rings. The molecule has 0 radical (unpaired) electrons. The van der Waals surface area contributed by atoms with Gasteiger partial charge in [0, 0.05) is 24.7 Å². The van der Waals surface area contributed by atoms with Crippen molar-refractivity contribution in [2.75, 3.05) is 45.6 Å². The van der Waals surface area contributed by atoms with Crippen molar-refractivity contribution in [2.24, 2.45) is 5.92 Å². The van der Waals surface area contributed by atoms with Gasteiger partial charge >= 0.3 is 0 Å². The molecule has 2 N–H and O–H groups in total. The van der Waals surface area contributed by atoms with Gasteiger partial charge < -0.3 is 24.4 Å². The molecule has 0 aliphatic carbocycles. The summed E-state index contributed by atoms with van der Waals surface area (Å²) in [5.41, 5.74) is 0.479. The van der Waals surface area contributed by atoms with Crippen LogP contribution in [0.5, 0.6) is 11.5 Å². The van der Waals surface area contributed by atoms with E-state index in [4.69, 9.17) is 9.47 Å².